The number of pyridine rings is 2. The molecular weight excluding hydrogens is 995 g/mol. The summed E-state index contributed by atoms with van der Waals surface area (Å²) in [6.07, 6.45) is 1.60. The second kappa shape index (κ2) is 25.5. The van der Waals surface area contributed by atoms with Crippen molar-refractivity contribution in [3.05, 3.63) is 163 Å². The number of hydrogen-bond donors (Lipinski definition) is 4. The zero-order valence-electron chi connectivity index (χ0n) is 44.0. The summed E-state index contributed by atoms with van der Waals surface area (Å²) in [6, 6.07) is 22.1. The van der Waals surface area contributed by atoms with Crippen LogP contribution in [0.15, 0.2) is 107 Å². The van der Waals surface area contributed by atoms with Crippen LogP contribution in [-0.4, -0.2) is 115 Å². The summed E-state index contributed by atoms with van der Waals surface area (Å²) in [4.78, 5) is 73.1. The first-order chi connectivity index (χ1) is 37.0. The van der Waals surface area contributed by atoms with Gasteiger partial charge in [0.25, 0.3) is 17.0 Å². The first-order valence-electron chi connectivity index (χ1n) is 25.4. The molecule has 1 amide bonds. The number of aryl methyl sites for hydroxylation is 2. The van der Waals surface area contributed by atoms with Crippen LogP contribution in [-0.2, 0) is 0 Å². The number of carboxylic acids is 1. The van der Waals surface area contributed by atoms with Crippen molar-refractivity contribution >= 4 is 45.8 Å². The normalized spacial score (nSPS) is 11.3. The Morgan fingerprint density at radius 2 is 0.948 bits per heavy atom. The third-order valence-corrected chi connectivity index (χ3v) is 13.2. The average molecular weight is 1060 g/mol. The minimum Gasteiger partial charge on any atom is -0.478 e. The standard InChI is InChI=1S/C29H32F2N6O2.C28H29F2N5O3/c1-5-36(6-2)16-8-15-33-29-34-25(21-17-19(28(39)32-4)12-11-18(21)3)20-13-14-24(38)37(27(20)35-29)26-22(30)9-7-10-23(26)31;1-4-34(5-2)15-7-14-31-28-32-24(20-16-18(27(37)38)11-10-17(20)3)19-12-13-23(36)35(26(19)33-28)25-21(29)8-6-9-22(25)30/h7,9-14,17H,5-6,8,15-16H2,1-4H3,(H,32,39)(H,33,34,35);6,8-13,16H,4-5,7,14-15H2,1-3H3,(H,37,38)(H,31,32,33). The second-order valence-corrected chi connectivity index (χ2v) is 18.0. The molecule has 0 saturated heterocycles. The minimum atomic E-state index is -1.11. The highest BCUT2D eigenvalue weighted by atomic mass is 19.1. The van der Waals surface area contributed by atoms with E-state index in [1.54, 1.807) is 44.3 Å². The average Bonchev–Trinajstić information content (AvgIpc) is 3.45. The number of nitrogens with zero attached hydrogens (tertiary/aromatic N) is 8. The fraction of sp³-hybridized carbons (Fsp3) is 0.298. The molecule has 16 nitrogen and oxygen atoms in total. The van der Waals surface area contributed by atoms with E-state index in [0.717, 1.165) is 96.6 Å². The first-order valence-corrected chi connectivity index (χ1v) is 25.4. The van der Waals surface area contributed by atoms with Crippen LogP contribution in [0, 0.1) is 37.1 Å². The number of aromatic carboxylic acids is 1. The molecule has 0 atom stereocenters. The fourth-order valence-electron chi connectivity index (χ4n) is 8.89. The molecule has 0 aliphatic heterocycles. The lowest BCUT2D eigenvalue weighted by atomic mass is 9.99. The highest BCUT2D eigenvalue weighted by Crippen LogP contribution is 2.34. The molecule has 0 fully saturated rings. The van der Waals surface area contributed by atoms with Gasteiger partial charge in [-0.2, -0.15) is 9.97 Å². The molecule has 4 N–H and O–H groups in total. The molecular formula is C57H61F4N11O5. The van der Waals surface area contributed by atoms with E-state index in [4.69, 9.17) is 4.98 Å². The Labute approximate surface area is 442 Å². The monoisotopic (exact) mass is 1060 g/mol. The van der Waals surface area contributed by atoms with Gasteiger partial charge in [0.15, 0.2) is 11.3 Å². The maximum Gasteiger partial charge on any atom is 0.335 e. The molecule has 4 aromatic heterocycles. The number of amides is 1. The molecule has 402 valence electrons. The molecule has 4 heterocycles. The van der Waals surface area contributed by atoms with Gasteiger partial charge in [-0.1, -0.05) is 52.0 Å². The van der Waals surface area contributed by atoms with Crippen LogP contribution in [0.1, 0.15) is 72.4 Å². The maximum atomic E-state index is 14.9. The summed E-state index contributed by atoms with van der Waals surface area (Å²) in [5.41, 5.74) is 1.62. The number of carboxylic acid groups (broad SMARTS) is 1. The van der Waals surface area contributed by atoms with Gasteiger partial charge in [0, 0.05) is 59.7 Å². The van der Waals surface area contributed by atoms with Crippen molar-refractivity contribution in [1.82, 2.24) is 44.2 Å². The molecule has 77 heavy (non-hydrogen) atoms. The number of hydrogen-bond acceptors (Lipinski definition) is 12. The molecule has 4 aromatic carbocycles. The third-order valence-electron chi connectivity index (χ3n) is 13.2. The molecule has 0 saturated carbocycles. The number of benzene rings is 4. The second-order valence-electron chi connectivity index (χ2n) is 18.0. The van der Waals surface area contributed by atoms with E-state index in [2.05, 4.69) is 68.4 Å². The molecule has 0 spiro atoms. The fourth-order valence-corrected chi connectivity index (χ4v) is 8.89. The van der Waals surface area contributed by atoms with Crippen LogP contribution in [0.5, 0.6) is 0 Å². The van der Waals surface area contributed by atoms with E-state index in [-0.39, 0.29) is 34.7 Å². The van der Waals surface area contributed by atoms with Crippen molar-refractivity contribution < 1.29 is 32.3 Å². The Balaban J connectivity index is 0.000000224. The van der Waals surface area contributed by atoms with Crippen molar-refractivity contribution in [3.8, 4) is 33.9 Å². The Morgan fingerprint density at radius 1 is 0.558 bits per heavy atom. The maximum absolute atomic E-state index is 14.9. The zero-order chi connectivity index (χ0) is 55.5. The zero-order valence-corrected chi connectivity index (χ0v) is 44.0. The number of aromatic nitrogens is 6. The number of fused-ring (bicyclic) bond motifs is 2. The topological polar surface area (TPSA) is 192 Å². The van der Waals surface area contributed by atoms with Crippen molar-refractivity contribution in [3.63, 3.8) is 0 Å². The lowest BCUT2D eigenvalue weighted by Gasteiger charge is -2.18. The van der Waals surface area contributed by atoms with Crippen molar-refractivity contribution in [1.29, 1.82) is 0 Å². The summed E-state index contributed by atoms with van der Waals surface area (Å²) in [5.74, 6) is -4.64. The van der Waals surface area contributed by atoms with E-state index in [0.29, 0.717) is 51.9 Å². The summed E-state index contributed by atoms with van der Waals surface area (Å²) < 4.78 is 61.3. The lowest BCUT2D eigenvalue weighted by Crippen LogP contribution is -2.25. The van der Waals surface area contributed by atoms with Crippen molar-refractivity contribution in [2.45, 2.75) is 54.4 Å². The quantitative estimate of drug-likeness (QED) is 0.0417. The van der Waals surface area contributed by atoms with E-state index in [1.165, 1.54) is 42.5 Å². The number of para-hydroxylation sites is 2. The number of nitrogens with one attached hydrogen (secondary N) is 3. The molecule has 0 bridgehead atoms. The van der Waals surface area contributed by atoms with Gasteiger partial charge in [0.1, 0.15) is 34.6 Å². The molecule has 8 rings (SSSR count). The number of carbonyl (C=O) groups is 2. The summed E-state index contributed by atoms with van der Waals surface area (Å²) in [5, 5.41) is 19.3. The van der Waals surface area contributed by atoms with Crippen LogP contribution < -0.4 is 27.1 Å². The molecule has 0 aliphatic rings. The summed E-state index contributed by atoms with van der Waals surface area (Å²) in [6.45, 7) is 18.6. The predicted octanol–water partition coefficient (Wildman–Crippen LogP) is 9.41. The van der Waals surface area contributed by atoms with Gasteiger partial charge >= 0.3 is 5.97 Å². The minimum absolute atomic E-state index is 0.00197. The number of rotatable bonds is 20. The highest BCUT2D eigenvalue weighted by molar-refractivity contribution is 5.99. The Bertz CT molecular complexity index is 3540. The van der Waals surface area contributed by atoms with Crippen LogP contribution in [0.2, 0.25) is 0 Å². The van der Waals surface area contributed by atoms with Crippen LogP contribution in [0.4, 0.5) is 29.5 Å². The third kappa shape index (κ3) is 12.7. The van der Waals surface area contributed by atoms with Gasteiger partial charge in [-0.15, -0.1) is 0 Å². The Hall–Kier alpha value is -8.36. The predicted molar refractivity (Wildman–Crippen MR) is 293 cm³/mol. The van der Waals surface area contributed by atoms with Gasteiger partial charge in [-0.25, -0.2) is 32.3 Å². The lowest BCUT2D eigenvalue weighted by molar-refractivity contribution is 0.0696. The van der Waals surface area contributed by atoms with Crippen molar-refractivity contribution in [2.75, 3.05) is 70.0 Å². The molecule has 0 unspecified atom stereocenters. The van der Waals surface area contributed by atoms with Gasteiger partial charge in [-0.05, 0) is 138 Å². The van der Waals surface area contributed by atoms with E-state index in [1.807, 2.05) is 6.92 Å². The number of carbonyl (C=O) groups excluding carboxylic acids is 1. The molecule has 0 radical (unpaired) electrons. The van der Waals surface area contributed by atoms with Crippen LogP contribution >= 0.6 is 0 Å². The Morgan fingerprint density at radius 3 is 1.32 bits per heavy atom. The van der Waals surface area contributed by atoms with E-state index in [9.17, 15) is 41.8 Å². The molecule has 20 heteroatoms. The Kier molecular flexibility index (Phi) is 18.6. The molecule has 8 aromatic rings. The van der Waals surface area contributed by atoms with E-state index < -0.39 is 51.7 Å². The van der Waals surface area contributed by atoms with Gasteiger partial charge in [0.2, 0.25) is 11.9 Å². The summed E-state index contributed by atoms with van der Waals surface area (Å²) >= 11 is 0. The van der Waals surface area contributed by atoms with Gasteiger partial charge in [0.05, 0.1) is 17.0 Å². The highest BCUT2D eigenvalue weighted by Gasteiger charge is 2.23. The first kappa shape index (κ1) is 56.4. The number of halogens is 4. The molecule has 0 aliphatic carbocycles. The van der Waals surface area contributed by atoms with E-state index >= 15 is 0 Å². The van der Waals surface area contributed by atoms with Crippen molar-refractivity contribution in [2.24, 2.45) is 0 Å². The van der Waals surface area contributed by atoms with Crippen LogP contribution in [0.3, 0.4) is 0 Å². The SMILES string of the molecule is CCN(CC)CCCNc1nc(-c2cc(C(=O)NC)ccc2C)c2ccc(=O)n(-c3c(F)cccc3F)c2n1.CCN(CC)CCCNc1nc(-c2cc(C(=O)O)ccc2C)c2ccc(=O)n(-c3c(F)cccc3F)c2n1. The smallest absolute Gasteiger partial charge is 0.335 e. The largest absolute Gasteiger partial charge is 0.478 e. The van der Waals surface area contributed by atoms with Crippen LogP contribution in [0.25, 0.3) is 56.0 Å². The number of anilines is 2. The van der Waals surface area contributed by atoms with Gasteiger partial charge < -0.3 is 30.9 Å². The summed E-state index contributed by atoms with van der Waals surface area (Å²) in [7, 11) is 1.55. The van der Waals surface area contributed by atoms with Gasteiger partial charge in [-0.3, -0.25) is 23.5 Å².